The minimum atomic E-state index is -0.756. The van der Waals surface area contributed by atoms with Crippen molar-refractivity contribution in [3.8, 4) is 11.5 Å². The first-order chi connectivity index (χ1) is 9.06. The van der Waals surface area contributed by atoms with Crippen LogP contribution in [0, 0.1) is 17.5 Å². The molecule has 2 nitrogen and oxygen atoms in total. The summed E-state index contributed by atoms with van der Waals surface area (Å²) in [7, 11) is 0. The highest BCUT2D eigenvalue weighted by atomic mass is 19.1. The molecule has 100 valence electrons. The highest BCUT2D eigenvalue weighted by Crippen LogP contribution is 2.25. The lowest BCUT2D eigenvalue weighted by Crippen LogP contribution is -2.03. The van der Waals surface area contributed by atoms with Crippen molar-refractivity contribution in [3.05, 3.63) is 59.4 Å². The van der Waals surface area contributed by atoms with Crippen molar-refractivity contribution < 1.29 is 17.9 Å². The van der Waals surface area contributed by atoms with E-state index in [1.54, 1.807) is 6.07 Å². The summed E-state index contributed by atoms with van der Waals surface area (Å²) in [5, 5.41) is 0. The molecule has 2 aromatic rings. The predicted molar refractivity (Wildman–Crippen MR) is 65.6 cm³/mol. The van der Waals surface area contributed by atoms with Crippen LogP contribution in [0.15, 0.2) is 36.4 Å². The topological polar surface area (TPSA) is 35.2 Å². The van der Waals surface area contributed by atoms with Gasteiger partial charge < -0.3 is 10.5 Å². The average Bonchev–Trinajstić information content (AvgIpc) is 2.26. The summed E-state index contributed by atoms with van der Waals surface area (Å²) in [6, 6.07) is 6.85. The molecule has 0 aliphatic heterocycles. The Labute approximate surface area is 108 Å². The fourth-order valence-corrected chi connectivity index (χ4v) is 1.71. The van der Waals surface area contributed by atoms with Crippen LogP contribution in [0.3, 0.4) is 0 Å². The van der Waals surface area contributed by atoms with Crippen LogP contribution in [0.5, 0.6) is 11.5 Å². The summed E-state index contributed by atoms with van der Waals surface area (Å²) < 4.78 is 44.6. The number of nitrogens with two attached hydrogens (primary N) is 1. The van der Waals surface area contributed by atoms with Gasteiger partial charge in [0.15, 0.2) is 0 Å². The van der Waals surface area contributed by atoms with E-state index in [0.29, 0.717) is 18.5 Å². The van der Waals surface area contributed by atoms with Gasteiger partial charge in [0.2, 0.25) is 0 Å². The number of halogens is 3. The van der Waals surface area contributed by atoms with Gasteiger partial charge in [-0.15, -0.1) is 0 Å². The second-order valence-corrected chi connectivity index (χ2v) is 4.04. The molecular weight excluding hydrogens is 255 g/mol. The molecule has 0 aliphatic carbocycles. The van der Waals surface area contributed by atoms with Crippen LogP contribution in [0.1, 0.15) is 5.56 Å². The smallest absolute Gasteiger partial charge is 0.133 e. The molecule has 0 atom stereocenters. The van der Waals surface area contributed by atoms with Crippen molar-refractivity contribution in [2.75, 3.05) is 6.54 Å². The van der Waals surface area contributed by atoms with Crippen LogP contribution < -0.4 is 10.5 Å². The summed E-state index contributed by atoms with van der Waals surface area (Å²) in [5.41, 5.74) is 6.05. The number of hydrogen-bond acceptors (Lipinski definition) is 2. The lowest BCUT2D eigenvalue weighted by molar-refractivity contribution is 0.463. The molecule has 0 unspecified atom stereocenters. The first kappa shape index (κ1) is 13.4. The lowest BCUT2D eigenvalue weighted by atomic mass is 10.1. The van der Waals surface area contributed by atoms with Crippen molar-refractivity contribution in [2.24, 2.45) is 5.73 Å². The maximum absolute atomic E-state index is 13.3. The van der Waals surface area contributed by atoms with Crippen LogP contribution in [0.25, 0.3) is 0 Å². The van der Waals surface area contributed by atoms with Crippen molar-refractivity contribution in [3.63, 3.8) is 0 Å². The third-order valence-corrected chi connectivity index (χ3v) is 2.44. The summed E-state index contributed by atoms with van der Waals surface area (Å²) in [5.74, 6) is -1.85. The Balaban J connectivity index is 2.27. The molecule has 0 saturated heterocycles. The highest BCUT2D eigenvalue weighted by molar-refractivity contribution is 5.35. The Hall–Kier alpha value is -2.01. The van der Waals surface area contributed by atoms with Crippen molar-refractivity contribution >= 4 is 0 Å². The van der Waals surface area contributed by atoms with Crippen LogP contribution in [0.4, 0.5) is 13.2 Å². The van der Waals surface area contributed by atoms with E-state index in [-0.39, 0.29) is 11.5 Å². The van der Waals surface area contributed by atoms with E-state index in [4.69, 9.17) is 10.5 Å². The molecule has 0 bridgehead atoms. The SMILES string of the molecule is NCCc1cc(F)cc(Oc2cc(F)cc(F)c2)c1. The zero-order chi connectivity index (χ0) is 13.8. The molecule has 19 heavy (non-hydrogen) atoms. The summed E-state index contributed by atoms with van der Waals surface area (Å²) >= 11 is 0. The van der Waals surface area contributed by atoms with Gasteiger partial charge in [-0.1, -0.05) is 0 Å². The van der Waals surface area contributed by atoms with E-state index >= 15 is 0 Å². The van der Waals surface area contributed by atoms with Gasteiger partial charge in [-0.3, -0.25) is 0 Å². The third kappa shape index (κ3) is 3.72. The van der Waals surface area contributed by atoms with Crippen LogP contribution in [0.2, 0.25) is 0 Å². The largest absolute Gasteiger partial charge is 0.457 e. The molecule has 5 heteroatoms. The van der Waals surface area contributed by atoms with E-state index in [0.717, 1.165) is 24.3 Å². The Morgan fingerprint density at radius 2 is 1.32 bits per heavy atom. The summed E-state index contributed by atoms with van der Waals surface area (Å²) in [6.45, 7) is 0.373. The quantitative estimate of drug-likeness (QED) is 0.921. The van der Waals surface area contributed by atoms with Gasteiger partial charge in [0.25, 0.3) is 0 Å². The first-order valence-electron chi connectivity index (χ1n) is 5.70. The van der Waals surface area contributed by atoms with Crippen LogP contribution >= 0.6 is 0 Å². The van der Waals surface area contributed by atoms with Gasteiger partial charge in [-0.2, -0.15) is 0 Å². The molecule has 0 radical (unpaired) electrons. The molecule has 0 amide bonds. The second-order valence-electron chi connectivity index (χ2n) is 4.04. The highest BCUT2D eigenvalue weighted by Gasteiger charge is 2.06. The maximum atomic E-state index is 13.3. The zero-order valence-corrected chi connectivity index (χ0v) is 10.00. The zero-order valence-electron chi connectivity index (χ0n) is 10.00. The number of benzene rings is 2. The molecular formula is C14H12F3NO. The Bertz CT molecular complexity index is 567. The molecule has 0 saturated carbocycles. The summed E-state index contributed by atoms with van der Waals surface area (Å²) in [4.78, 5) is 0. The minimum absolute atomic E-state index is 0.0261. The number of ether oxygens (including phenoxy) is 1. The van der Waals surface area contributed by atoms with Gasteiger partial charge >= 0.3 is 0 Å². The van der Waals surface area contributed by atoms with Crippen LogP contribution in [-0.2, 0) is 6.42 Å². The third-order valence-electron chi connectivity index (χ3n) is 2.44. The Kier molecular flexibility index (Phi) is 4.06. The molecule has 2 aromatic carbocycles. The maximum Gasteiger partial charge on any atom is 0.133 e. The minimum Gasteiger partial charge on any atom is -0.457 e. The second kappa shape index (κ2) is 5.75. The molecule has 0 aromatic heterocycles. The Morgan fingerprint density at radius 1 is 0.789 bits per heavy atom. The van der Waals surface area contributed by atoms with Crippen molar-refractivity contribution in [2.45, 2.75) is 6.42 Å². The summed E-state index contributed by atoms with van der Waals surface area (Å²) in [6.07, 6.45) is 0.492. The van der Waals surface area contributed by atoms with Crippen LogP contribution in [-0.4, -0.2) is 6.54 Å². The van der Waals surface area contributed by atoms with E-state index < -0.39 is 17.5 Å². The lowest BCUT2D eigenvalue weighted by Gasteiger charge is -2.08. The van der Waals surface area contributed by atoms with E-state index in [1.807, 2.05) is 0 Å². The van der Waals surface area contributed by atoms with E-state index in [1.165, 1.54) is 6.07 Å². The normalized spacial score (nSPS) is 10.5. The molecule has 2 N–H and O–H groups in total. The first-order valence-corrected chi connectivity index (χ1v) is 5.70. The average molecular weight is 267 g/mol. The molecule has 2 rings (SSSR count). The van der Waals surface area contributed by atoms with E-state index in [2.05, 4.69) is 0 Å². The van der Waals surface area contributed by atoms with Gasteiger partial charge in [0, 0.05) is 24.3 Å². The van der Waals surface area contributed by atoms with Gasteiger partial charge in [0.05, 0.1) is 0 Å². The van der Waals surface area contributed by atoms with Gasteiger partial charge in [0.1, 0.15) is 29.0 Å². The van der Waals surface area contributed by atoms with Gasteiger partial charge in [-0.05, 0) is 30.7 Å². The number of hydrogen-bond donors (Lipinski definition) is 1. The molecule has 0 spiro atoms. The molecule has 0 fully saturated rings. The molecule has 0 aliphatic rings. The fraction of sp³-hybridized carbons (Fsp3) is 0.143. The van der Waals surface area contributed by atoms with Crippen molar-refractivity contribution in [1.82, 2.24) is 0 Å². The monoisotopic (exact) mass is 267 g/mol. The predicted octanol–water partition coefficient (Wildman–Crippen LogP) is 3.40. The fourth-order valence-electron chi connectivity index (χ4n) is 1.71. The Morgan fingerprint density at radius 3 is 1.89 bits per heavy atom. The number of rotatable bonds is 4. The van der Waals surface area contributed by atoms with Crippen molar-refractivity contribution in [1.29, 1.82) is 0 Å². The van der Waals surface area contributed by atoms with Gasteiger partial charge in [-0.25, -0.2) is 13.2 Å². The molecule has 0 heterocycles. The van der Waals surface area contributed by atoms with E-state index in [9.17, 15) is 13.2 Å². The standard InChI is InChI=1S/C14H12F3NO/c15-10-3-9(1-2-18)4-13(6-10)19-14-7-11(16)5-12(17)8-14/h3-8H,1-2,18H2.